The Morgan fingerprint density at radius 1 is 1.26 bits per heavy atom. The van der Waals surface area contributed by atoms with E-state index in [4.69, 9.17) is 14.2 Å². The highest BCUT2D eigenvalue weighted by molar-refractivity contribution is 5.95. The topological polar surface area (TPSA) is 143 Å². The van der Waals surface area contributed by atoms with Gasteiger partial charge in [-0.1, -0.05) is 43.5 Å². The number of non-ortho nitro benzene ring substituents is 1. The molecule has 2 atom stereocenters. The zero-order valence-electron chi connectivity index (χ0n) is 23.3. The van der Waals surface area contributed by atoms with Gasteiger partial charge in [0.1, 0.15) is 11.6 Å². The van der Waals surface area contributed by atoms with Crippen molar-refractivity contribution >= 4 is 17.7 Å². The van der Waals surface area contributed by atoms with Gasteiger partial charge in [-0.3, -0.25) is 24.4 Å². The summed E-state index contributed by atoms with van der Waals surface area (Å²) < 4.78 is 31.2. The summed E-state index contributed by atoms with van der Waals surface area (Å²) in [6.45, 7) is 8.48. The maximum atomic E-state index is 14.3. The number of aromatic nitrogens is 2. The van der Waals surface area contributed by atoms with Crippen molar-refractivity contribution in [2.24, 2.45) is 0 Å². The van der Waals surface area contributed by atoms with Crippen LogP contribution in [0.4, 0.5) is 14.9 Å². The molecule has 0 fully saturated rings. The number of likely N-dealkylation sites (N-methyl/N-ethyl adjacent to an activating group) is 1. The Morgan fingerprint density at radius 3 is 2.67 bits per heavy atom. The number of aryl methyl sites for hydroxylation is 1. The minimum atomic E-state index is -1.21. The first-order chi connectivity index (χ1) is 20.5. The molecule has 43 heavy (non-hydrogen) atoms. The summed E-state index contributed by atoms with van der Waals surface area (Å²) in [6, 6.07) is 8.96. The van der Waals surface area contributed by atoms with Crippen molar-refractivity contribution in [1.82, 2.24) is 14.7 Å². The molecule has 13 heteroatoms. The fourth-order valence-electron chi connectivity index (χ4n) is 4.79. The Kier molecular flexibility index (Phi) is 9.14. The van der Waals surface area contributed by atoms with Crippen molar-refractivity contribution < 1.29 is 33.1 Å². The summed E-state index contributed by atoms with van der Waals surface area (Å²) >= 11 is 0. The van der Waals surface area contributed by atoms with Crippen LogP contribution in [0.15, 0.2) is 90.4 Å². The summed E-state index contributed by atoms with van der Waals surface area (Å²) in [5.41, 5.74) is 0.419. The first kappa shape index (κ1) is 30.4. The van der Waals surface area contributed by atoms with Crippen LogP contribution in [0.5, 0.6) is 11.5 Å². The molecule has 0 saturated heterocycles. The van der Waals surface area contributed by atoms with Gasteiger partial charge in [-0.05, 0) is 41.8 Å². The molecule has 1 aromatic heterocycles. The van der Waals surface area contributed by atoms with Crippen LogP contribution in [0.1, 0.15) is 33.6 Å². The largest absolute Gasteiger partial charge is 0.516 e. The second kappa shape index (κ2) is 12.9. The molecular formula is C30H27FN4O8. The Bertz CT molecular complexity index is 1700. The van der Waals surface area contributed by atoms with Gasteiger partial charge in [-0.2, -0.15) is 5.10 Å². The van der Waals surface area contributed by atoms with Crippen LogP contribution in [0.3, 0.4) is 0 Å². The highest BCUT2D eigenvalue weighted by Gasteiger charge is 2.39. The van der Waals surface area contributed by atoms with E-state index in [9.17, 15) is 28.9 Å². The molecule has 0 radical (unpaired) electrons. The van der Waals surface area contributed by atoms with Crippen molar-refractivity contribution in [3.05, 3.63) is 129 Å². The van der Waals surface area contributed by atoms with Gasteiger partial charge in [0.15, 0.2) is 5.69 Å². The SMILES string of the molecule is C=C/C=C(\C=C)C(c1cccc(F)c1)[C@H]1CN(C)C(=O)c2c(OCOC(=O)Oc3ccc([N+](=O)[O-])cc3C)c(=O)cnn21. The van der Waals surface area contributed by atoms with E-state index in [0.29, 0.717) is 16.7 Å². The fourth-order valence-corrected chi connectivity index (χ4v) is 4.79. The summed E-state index contributed by atoms with van der Waals surface area (Å²) in [5, 5.41) is 15.2. The van der Waals surface area contributed by atoms with E-state index in [1.54, 1.807) is 30.4 Å². The lowest BCUT2D eigenvalue weighted by molar-refractivity contribution is -0.384. The van der Waals surface area contributed by atoms with Crippen molar-refractivity contribution in [1.29, 1.82) is 0 Å². The second-order valence-electron chi connectivity index (χ2n) is 9.49. The average molecular weight is 591 g/mol. The Labute approximate surface area is 245 Å². The second-order valence-corrected chi connectivity index (χ2v) is 9.49. The molecule has 3 aromatic rings. The first-order valence-electron chi connectivity index (χ1n) is 12.9. The van der Waals surface area contributed by atoms with Gasteiger partial charge in [-0.25, -0.2) is 9.18 Å². The van der Waals surface area contributed by atoms with E-state index in [2.05, 4.69) is 18.3 Å². The monoisotopic (exact) mass is 590 g/mol. The Balaban J connectivity index is 1.64. The number of nitro groups is 1. The third-order valence-electron chi connectivity index (χ3n) is 6.73. The normalized spacial score (nSPS) is 15.2. The van der Waals surface area contributed by atoms with Crippen molar-refractivity contribution in [2.75, 3.05) is 20.4 Å². The third kappa shape index (κ3) is 6.50. The maximum Gasteiger partial charge on any atom is 0.516 e. The van der Waals surface area contributed by atoms with Gasteiger partial charge >= 0.3 is 6.16 Å². The quantitative estimate of drug-likeness (QED) is 0.0808. The minimum absolute atomic E-state index is 0.0191. The summed E-state index contributed by atoms with van der Waals surface area (Å²) in [4.78, 5) is 50.1. The van der Waals surface area contributed by atoms with E-state index in [1.807, 2.05) is 0 Å². The predicted octanol–water partition coefficient (Wildman–Crippen LogP) is 4.86. The van der Waals surface area contributed by atoms with E-state index in [1.165, 1.54) is 47.8 Å². The lowest BCUT2D eigenvalue weighted by Gasteiger charge is -2.38. The molecule has 1 amide bonds. The number of ether oxygens (including phenoxy) is 3. The molecule has 2 aromatic carbocycles. The maximum absolute atomic E-state index is 14.3. The minimum Gasteiger partial charge on any atom is -0.451 e. The highest BCUT2D eigenvalue weighted by atomic mass is 19.1. The molecule has 222 valence electrons. The van der Waals surface area contributed by atoms with Crippen LogP contribution in [-0.2, 0) is 4.74 Å². The van der Waals surface area contributed by atoms with E-state index >= 15 is 0 Å². The van der Waals surface area contributed by atoms with Crippen molar-refractivity contribution in [3.63, 3.8) is 0 Å². The number of benzene rings is 2. The van der Waals surface area contributed by atoms with Gasteiger partial charge in [0.2, 0.25) is 18.0 Å². The van der Waals surface area contributed by atoms with Gasteiger partial charge in [0, 0.05) is 31.6 Å². The van der Waals surface area contributed by atoms with Crippen LogP contribution < -0.4 is 14.9 Å². The summed E-state index contributed by atoms with van der Waals surface area (Å²) in [6.07, 6.45) is 4.63. The van der Waals surface area contributed by atoms with Crippen LogP contribution in [0.2, 0.25) is 0 Å². The van der Waals surface area contributed by atoms with E-state index < -0.39 is 52.7 Å². The van der Waals surface area contributed by atoms with Crippen LogP contribution >= 0.6 is 0 Å². The number of halogens is 1. The number of carbonyl (C=O) groups is 2. The lowest BCUT2D eigenvalue weighted by atomic mass is 9.83. The lowest BCUT2D eigenvalue weighted by Crippen LogP contribution is -2.45. The predicted molar refractivity (Wildman–Crippen MR) is 153 cm³/mol. The number of carbonyl (C=O) groups excluding carboxylic acids is 2. The number of nitrogens with zero attached hydrogens (tertiary/aromatic N) is 4. The third-order valence-corrected chi connectivity index (χ3v) is 6.73. The first-order valence-corrected chi connectivity index (χ1v) is 12.9. The fraction of sp³-hybridized carbons (Fsp3) is 0.200. The van der Waals surface area contributed by atoms with Crippen molar-refractivity contribution in [3.8, 4) is 11.5 Å². The smallest absolute Gasteiger partial charge is 0.451 e. The molecule has 4 rings (SSSR count). The molecule has 1 aliphatic heterocycles. The van der Waals surface area contributed by atoms with Gasteiger partial charge in [0.05, 0.1) is 17.2 Å². The van der Waals surface area contributed by atoms with E-state index in [0.717, 1.165) is 12.3 Å². The highest BCUT2D eigenvalue weighted by Crippen LogP contribution is 2.40. The molecule has 0 spiro atoms. The molecule has 12 nitrogen and oxygen atoms in total. The summed E-state index contributed by atoms with van der Waals surface area (Å²) in [5.74, 6) is -2.01. The zero-order chi connectivity index (χ0) is 31.3. The molecule has 1 unspecified atom stereocenters. The molecule has 0 N–H and O–H groups in total. The number of hydrogen-bond donors (Lipinski definition) is 0. The number of fused-ring (bicyclic) bond motifs is 1. The van der Waals surface area contributed by atoms with Crippen LogP contribution in [0, 0.1) is 22.9 Å². The molecule has 0 saturated carbocycles. The number of nitro benzene ring substituents is 1. The van der Waals surface area contributed by atoms with Gasteiger partial charge in [-0.15, -0.1) is 0 Å². The molecule has 1 aliphatic rings. The average Bonchev–Trinajstić information content (AvgIpc) is 2.97. The Morgan fingerprint density at radius 2 is 2.02 bits per heavy atom. The number of hydrogen-bond acceptors (Lipinski definition) is 9. The summed E-state index contributed by atoms with van der Waals surface area (Å²) in [7, 11) is 1.54. The zero-order valence-corrected chi connectivity index (χ0v) is 23.3. The molecule has 2 heterocycles. The van der Waals surface area contributed by atoms with Crippen LogP contribution in [0.25, 0.3) is 0 Å². The standard InChI is InChI=1S/C30H27FN4O8/c1-5-8-19(6-2)26(20-9-7-10-21(31)14-20)23-16-33(4)29(37)27-28(24(36)15-32-34(23)27)41-17-42-30(38)43-25-12-11-22(35(39)40)13-18(25)3/h5-15,23,26H,1-2,16-17H2,3-4H3/b19-8+/t23-,26?/m1/s1. The van der Waals surface area contributed by atoms with Crippen molar-refractivity contribution in [2.45, 2.75) is 18.9 Å². The van der Waals surface area contributed by atoms with E-state index in [-0.39, 0.29) is 23.7 Å². The number of allylic oxidation sites excluding steroid dienone is 4. The number of amides is 1. The number of rotatable bonds is 10. The van der Waals surface area contributed by atoms with Gasteiger partial charge in [0.25, 0.3) is 11.6 Å². The molecule has 0 bridgehead atoms. The van der Waals surface area contributed by atoms with Crippen LogP contribution in [-0.4, -0.2) is 52.1 Å². The molecule has 0 aliphatic carbocycles. The Hall–Kier alpha value is -5.59. The van der Waals surface area contributed by atoms with Gasteiger partial charge < -0.3 is 19.1 Å². The molecular weight excluding hydrogens is 563 g/mol.